The van der Waals surface area contributed by atoms with Crippen molar-refractivity contribution >= 4 is 33.0 Å². The third-order valence-corrected chi connectivity index (χ3v) is 7.66. The molecule has 0 saturated carbocycles. The van der Waals surface area contributed by atoms with Crippen LogP contribution in [0.4, 0.5) is 5.69 Å². The van der Waals surface area contributed by atoms with Crippen LogP contribution >= 0.6 is 11.3 Å². The average Bonchev–Trinajstić information content (AvgIpc) is 3.16. The van der Waals surface area contributed by atoms with Crippen molar-refractivity contribution in [1.29, 1.82) is 0 Å². The summed E-state index contributed by atoms with van der Waals surface area (Å²) in [7, 11) is -1.87. The number of sulfonamides is 1. The summed E-state index contributed by atoms with van der Waals surface area (Å²) < 4.78 is 26.4. The molecule has 5 nitrogen and oxygen atoms in total. The fourth-order valence-corrected chi connectivity index (χ4v) is 5.47. The van der Waals surface area contributed by atoms with E-state index < -0.39 is 10.0 Å². The zero-order valence-electron chi connectivity index (χ0n) is 14.2. The van der Waals surface area contributed by atoms with Crippen LogP contribution in [-0.4, -0.2) is 38.8 Å². The van der Waals surface area contributed by atoms with Gasteiger partial charge >= 0.3 is 0 Å². The largest absolute Gasteiger partial charge is 0.312 e. The normalized spacial score (nSPS) is 14.6. The zero-order chi connectivity index (χ0) is 17.9. The van der Waals surface area contributed by atoms with Crippen LogP contribution in [0.15, 0.2) is 46.0 Å². The van der Waals surface area contributed by atoms with Gasteiger partial charge in [-0.2, -0.15) is 0 Å². The molecule has 7 heteroatoms. The summed E-state index contributed by atoms with van der Waals surface area (Å²) in [6.45, 7) is 1.07. The van der Waals surface area contributed by atoms with Gasteiger partial charge in [-0.15, -0.1) is 11.3 Å². The number of para-hydroxylation sites is 1. The number of thiophene rings is 1. The highest BCUT2D eigenvalue weighted by molar-refractivity contribution is 7.91. The standard InChI is InChI=1S/C18H22N2O3S2/c1-19(25(22,23)18-11-6-14-24-18)12-5-10-17(21)20-13-4-8-15-7-2-3-9-16(15)20/h2-3,6-7,9,11,14H,4-5,8,10,12-13H2,1H3. The number of nitrogens with zero attached hydrogens (tertiary/aromatic N) is 2. The first-order chi connectivity index (χ1) is 12.0. The molecule has 1 amide bonds. The van der Waals surface area contributed by atoms with E-state index in [0.717, 1.165) is 25.1 Å². The molecule has 1 aliphatic rings. The van der Waals surface area contributed by atoms with Gasteiger partial charge in [-0.25, -0.2) is 12.7 Å². The average molecular weight is 379 g/mol. The van der Waals surface area contributed by atoms with Crippen LogP contribution in [0.25, 0.3) is 0 Å². The maximum absolute atomic E-state index is 12.6. The minimum absolute atomic E-state index is 0.0640. The zero-order valence-corrected chi connectivity index (χ0v) is 15.9. The molecule has 134 valence electrons. The minimum atomic E-state index is -3.44. The molecule has 2 heterocycles. The van der Waals surface area contributed by atoms with E-state index in [9.17, 15) is 13.2 Å². The van der Waals surface area contributed by atoms with Gasteiger partial charge in [-0.05, 0) is 42.3 Å². The van der Waals surface area contributed by atoms with E-state index in [1.54, 1.807) is 24.6 Å². The molecule has 0 spiro atoms. The SMILES string of the molecule is CN(CCCC(=O)N1CCCc2ccccc21)S(=O)(=O)c1cccs1. The van der Waals surface area contributed by atoms with E-state index in [2.05, 4.69) is 6.07 Å². The number of benzene rings is 1. The molecule has 0 fully saturated rings. The molecular weight excluding hydrogens is 356 g/mol. The first-order valence-electron chi connectivity index (χ1n) is 8.38. The summed E-state index contributed by atoms with van der Waals surface area (Å²) in [5, 5.41) is 1.75. The third kappa shape index (κ3) is 3.94. The molecule has 25 heavy (non-hydrogen) atoms. The molecule has 1 aromatic carbocycles. The highest BCUT2D eigenvalue weighted by Gasteiger charge is 2.24. The van der Waals surface area contributed by atoms with E-state index in [1.165, 1.54) is 21.2 Å². The summed E-state index contributed by atoms with van der Waals surface area (Å²) in [4.78, 5) is 14.4. The van der Waals surface area contributed by atoms with Crippen molar-refractivity contribution in [2.75, 3.05) is 25.0 Å². The van der Waals surface area contributed by atoms with Gasteiger partial charge < -0.3 is 4.90 Å². The quantitative estimate of drug-likeness (QED) is 0.776. The van der Waals surface area contributed by atoms with Crippen LogP contribution in [0.1, 0.15) is 24.8 Å². The number of aryl methyl sites for hydroxylation is 1. The first-order valence-corrected chi connectivity index (χ1v) is 10.7. The van der Waals surface area contributed by atoms with Gasteiger partial charge in [0.05, 0.1) is 0 Å². The van der Waals surface area contributed by atoms with E-state index in [1.807, 2.05) is 23.1 Å². The molecule has 3 rings (SSSR count). The Kier molecular flexibility index (Phi) is 5.56. The Labute approximate surface area is 152 Å². The summed E-state index contributed by atoms with van der Waals surface area (Å²) >= 11 is 1.21. The molecule has 1 aliphatic heterocycles. The van der Waals surface area contributed by atoms with Gasteiger partial charge in [0.1, 0.15) is 4.21 Å². The van der Waals surface area contributed by atoms with Crippen LogP contribution in [0.5, 0.6) is 0 Å². The molecule has 0 bridgehead atoms. The lowest BCUT2D eigenvalue weighted by atomic mass is 10.0. The predicted molar refractivity (Wildman–Crippen MR) is 100 cm³/mol. The van der Waals surface area contributed by atoms with Gasteiger partial charge in [-0.3, -0.25) is 4.79 Å². The van der Waals surface area contributed by atoms with E-state index in [4.69, 9.17) is 0 Å². The second kappa shape index (κ2) is 7.68. The van der Waals surface area contributed by atoms with Gasteiger partial charge in [0.15, 0.2) is 0 Å². The van der Waals surface area contributed by atoms with Gasteiger partial charge in [0, 0.05) is 32.2 Å². The maximum Gasteiger partial charge on any atom is 0.252 e. The number of fused-ring (bicyclic) bond motifs is 1. The lowest BCUT2D eigenvalue weighted by Gasteiger charge is -2.29. The lowest BCUT2D eigenvalue weighted by molar-refractivity contribution is -0.118. The van der Waals surface area contributed by atoms with Crippen molar-refractivity contribution < 1.29 is 13.2 Å². The monoisotopic (exact) mass is 378 g/mol. The molecule has 1 aromatic heterocycles. The minimum Gasteiger partial charge on any atom is -0.312 e. The molecule has 2 aromatic rings. The van der Waals surface area contributed by atoms with E-state index in [0.29, 0.717) is 23.6 Å². The summed E-state index contributed by atoms with van der Waals surface area (Å²) in [6.07, 6.45) is 2.83. The number of carbonyl (C=O) groups is 1. The highest BCUT2D eigenvalue weighted by Crippen LogP contribution is 2.27. The fraction of sp³-hybridized carbons (Fsp3) is 0.389. The Morgan fingerprint density at radius 2 is 2.04 bits per heavy atom. The van der Waals surface area contributed by atoms with Crippen LogP contribution in [0, 0.1) is 0 Å². The number of carbonyl (C=O) groups excluding carboxylic acids is 1. The number of anilines is 1. The summed E-state index contributed by atoms with van der Waals surface area (Å²) in [5.74, 6) is 0.0640. The van der Waals surface area contributed by atoms with E-state index in [-0.39, 0.29) is 5.91 Å². The van der Waals surface area contributed by atoms with Crippen LogP contribution in [0.3, 0.4) is 0 Å². The molecular formula is C18H22N2O3S2. The Morgan fingerprint density at radius 3 is 2.80 bits per heavy atom. The Bertz CT molecular complexity index is 832. The predicted octanol–water partition coefficient (Wildman–Crippen LogP) is 3.13. The topological polar surface area (TPSA) is 57.7 Å². The fourth-order valence-electron chi connectivity index (χ4n) is 3.06. The van der Waals surface area contributed by atoms with Gasteiger partial charge in [-0.1, -0.05) is 24.3 Å². The molecule has 0 N–H and O–H groups in total. The molecule has 0 aliphatic carbocycles. The van der Waals surface area contributed by atoms with Crippen molar-refractivity contribution in [1.82, 2.24) is 4.31 Å². The molecule has 0 unspecified atom stereocenters. The summed E-state index contributed by atoms with van der Waals surface area (Å²) in [6, 6.07) is 11.3. The number of amides is 1. The molecule has 0 atom stereocenters. The Morgan fingerprint density at radius 1 is 1.24 bits per heavy atom. The summed E-state index contributed by atoms with van der Waals surface area (Å²) in [5.41, 5.74) is 2.21. The first kappa shape index (κ1) is 18.1. The van der Waals surface area contributed by atoms with Crippen molar-refractivity contribution in [3.05, 3.63) is 47.3 Å². The van der Waals surface area contributed by atoms with Gasteiger partial charge in [0.2, 0.25) is 5.91 Å². The number of hydrogen-bond donors (Lipinski definition) is 0. The van der Waals surface area contributed by atoms with Crippen LogP contribution in [0.2, 0.25) is 0 Å². The van der Waals surface area contributed by atoms with Crippen molar-refractivity contribution in [3.8, 4) is 0 Å². The third-order valence-electron chi connectivity index (χ3n) is 4.43. The van der Waals surface area contributed by atoms with Crippen LogP contribution in [-0.2, 0) is 21.2 Å². The lowest BCUT2D eigenvalue weighted by Crippen LogP contribution is -2.36. The second-order valence-electron chi connectivity index (χ2n) is 6.14. The van der Waals surface area contributed by atoms with E-state index >= 15 is 0 Å². The second-order valence-corrected chi connectivity index (χ2v) is 9.36. The Balaban J connectivity index is 1.57. The van der Waals surface area contributed by atoms with Crippen molar-refractivity contribution in [2.45, 2.75) is 29.9 Å². The number of hydrogen-bond acceptors (Lipinski definition) is 4. The smallest absolute Gasteiger partial charge is 0.252 e. The van der Waals surface area contributed by atoms with Crippen LogP contribution < -0.4 is 4.90 Å². The van der Waals surface area contributed by atoms with Gasteiger partial charge in [0.25, 0.3) is 10.0 Å². The van der Waals surface area contributed by atoms with Crippen molar-refractivity contribution in [3.63, 3.8) is 0 Å². The Hall–Kier alpha value is -1.70. The molecule has 0 saturated heterocycles. The maximum atomic E-state index is 12.6. The highest BCUT2D eigenvalue weighted by atomic mass is 32.2. The van der Waals surface area contributed by atoms with Crippen molar-refractivity contribution in [2.24, 2.45) is 0 Å². The molecule has 0 radical (unpaired) electrons. The number of rotatable bonds is 6.